The van der Waals surface area contributed by atoms with Crippen LogP contribution in [0.15, 0.2) is 66.3 Å². The highest BCUT2D eigenvalue weighted by molar-refractivity contribution is 7.11. The number of carbonyl (C=O) groups excluding carboxylic acids is 1. The fraction of sp³-hybridized carbons (Fsp3) is 0.300. The second-order valence-electron chi connectivity index (χ2n) is 9.65. The molecule has 2 aromatic carbocycles. The standard InChI is InChI=1S/C30H30N4O2S/c1-20-30(37-19-32-20)27-24-10-9-23(36-17-5-8-21-6-3-2-4-7-21)18-25(24)29(35)28(27)26-13-16-34(33-26)22-11-14-31-15-12-22/h2-4,6-7,9-10,13,16,18-19,22,31H,5,8,11-12,14-15,17H2,1H3. The third-order valence-electron chi connectivity index (χ3n) is 7.22. The molecule has 37 heavy (non-hydrogen) atoms. The molecule has 2 aliphatic rings. The molecule has 1 fully saturated rings. The summed E-state index contributed by atoms with van der Waals surface area (Å²) in [5, 5.41) is 8.32. The zero-order valence-corrected chi connectivity index (χ0v) is 21.8. The summed E-state index contributed by atoms with van der Waals surface area (Å²) in [6.07, 6.45) is 5.98. The van der Waals surface area contributed by atoms with Crippen molar-refractivity contribution in [1.29, 1.82) is 0 Å². The number of rotatable bonds is 8. The van der Waals surface area contributed by atoms with Crippen LogP contribution in [0.2, 0.25) is 0 Å². The van der Waals surface area contributed by atoms with Crippen molar-refractivity contribution >= 4 is 28.3 Å². The number of thiazole rings is 1. The van der Waals surface area contributed by atoms with Crippen LogP contribution in [0.5, 0.6) is 5.75 Å². The Labute approximate surface area is 221 Å². The van der Waals surface area contributed by atoms with Gasteiger partial charge in [-0.1, -0.05) is 30.3 Å². The minimum Gasteiger partial charge on any atom is -0.494 e. The molecule has 1 saturated heterocycles. The van der Waals surface area contributed by atoms with Crippen molar-refractivity contribution in [3.63, 3.8) is 0 Å². The summed E-state index contributed by atoms with van der Waals surface area (Å²) in [6, 6.07) is 18.7. The van der Waals surface area contributed by atoms with Crippen molar-refractivity contribution in [2.45, 2.75) is 38.6 Å². The van der Waals surface area contributed by atoms with E-state index >= 15 is 0 Å². The molecule has 4 aromatic rings. The van der Waals surface area contributed by atoms with E-state index in [4.69, 9.17) is 9.84 Å². The number of hydrogen-bond acceptors (Lipinski definition) is 6. The van der Waals surface area contributed by atoms with Crippen molar-refractivity contribution in [2.24, 2.45) is 0 Å². The summed E-state index contributed by atoms with van der Waals surface area (Å²) in [6.45, 7) is 4.58. The van der Waals surface area contributed by atoms with Gasteiger partial charge in [-0.15, -0.1) is 11.3 Å². The summed E-state index contributed by atoms with van der Waals surface area (Å²) in [4.78, 5) is 19.4. The third-order valence-corrected chi connectivity index (χ3v) is 8.17. The van der Waals surface area contributed by atoms with Crippen LogP contribution in [0.25, 0.3) is 11.1 Å². The molecule has 188 valence electrons. The largest absolute Gasteiger partial charge is 0.494 e. The van der Waals surface area contributed by atoms with Crippen LogP contribution in [-0.4, -0.2) is 40.2 Å². The molecule has 0 saturated carbocycles. The van der Waals surface area contributed by atoms with Gasteiger partial charge in [-0.25, -0.2) is 4.98 Å². The van der Waals surface area contributed by atoms with Gasteiger partial charge in [0.1, 0.15) is 5.75 Å². The van der Waals surface area contributed by atoms with E-state index in [9.17, 15) is 4.79 Å². The van der Waals surface area contributed by atoms with Gasteiger partial charge in [-0.3, -0.25) is 9.48 Å². The molecule has 0 unspecified atom stereocenters. The summed E-state index contributed by atoms with van der Waals surface area (Å²) >= 11 is 1.57. The quantitative estimate of drug-likeness (QED) is 0.306. The van der Waals surface area contributed by atoms with E-state index in [0.717, 1.165) is 71.9 Å². The number of allylic oxidation sites excluding steroid dienone is 1. The van der Waals surface area contributed by atoms with Gasteiger partial charge < -0.3 is 10.1 Å². The number of ether oxygens (including phenoxy) is 1. The predicted molar refractivity (Wildman–Crippen MR) is 147 cm³/mol. The van der Waals surface area contributed by atoms with Gasteiger partial charge in [-0.05, 0) is 81.1 Å². The number of aromatic nitrogens is 3. The molecule has 1 N–H and O–H groups in total. The molecule has 0 radical (unpaired) electrons. The fourth-order valence-electron chi connectivity index (χ4n) is 5.28. The van der Waals surface area contributed by atoms with E-state index in [1.807, 2.05) is 53.6 Å². The van der Waals surface area contributed by atoms with E-state index < -0.39 is 0 Å². The second-order valence-corrected chi connectivity index (χ2v) is 10.5. The minimum atomic E-state index is 0.00287. The van der Waals surface area contributed by atoms with Gasteiger partial charge in [-0.2, -0.15) is 5.10 Å². The maximum atomic E-state index is 13.9. The molecule has 0 atom stereocenters. The van der Waals surface area contributed by atoms with Crippen molar-refractivity contribution < 1.29 is 9.53 Å². The summed E-state index contributed by atoms with van der Waals surface area (Å²) in [5.74, 6) is 0.727. The van der Waals surface area contributed by atoms with E-state index in [-0.39, 0.29) is 5.78 Å². The molecule has 0 spiro atoms. The molecule has 0 bridgehead atoms. The third kappa shape index (κ3) is 4.77. The molecule has 7 heteroatoms. The van der Waals surface area contributed by atoms with Crippen LogP contribution in [0.4, 0.5) is 0 Å². The first-order valence-electron chi connectivity index (χ1n) is 13.0. The average Bonchev–Trinajstić information content (AvgIpc) is 3.65. The van der Waals surface area contributed by atoms with Crippen molar-refractivity contribution in [3.8, 4) is 5.75 Å². The van der Waals surface area contributed by atoms with Gasteiger partial charge in [0.05, 0.1) is 40.0 Å². The van der Waals surface area contributed by atoms with Crippen molar-refractivity contribution in [1.82, 2.24) is 20.1 Å². The van der Waals surface area contributed by atoms with Crippen LogP contribution < -0.4 is 10.1 Å². The normalized spacial score (nSPS) is 15.9. The number of carbonyl (C=O) groups is 1. The second kappa shape index (κ2) is 10.4. The number of nitrogens with one attached hydrogen (secondary N) is 1. The van der Waals surface area contributed by atoms with Crippen LogP contribution in [0, 0.1) is 6.92 Å². The Morgan fingerprint density at radius 2 is 1.89 bits per heavy atom. The fourth-order valence-corrected chi connectivity index (χ4v) is 6.15. The van der Waals surface area contributed by atoms with Gasteiger partial charge in [0.15, 0.2) is 5.78 Å². The summed E-state index contributed by atoms with van der Waals surface area (Å²) < 4.78 is 8.11. The Kier molecular flexibility index (Phi) is 6.72. The molecular weight excluding hydrogens is 480 g/mol. The highest BCUT2D eigenvalue weighted by Gasteiger charge is 2.34. The van der Waals surface area contributed by atoms with Crippen LogP contribution in [0.3, 0.4) is 0 Å². The van der Waals surface area contributed by atoms with E-state index in [1.165, 1.54) is 5.56 Å². The lowest BCUT2D eigenvalue weighted by Crippen LogP contribution is -2.29. The Hall–Kier alpha value is -3.55. The lowest BCUT2D eigenvalue weighted by molar-refractivity contribution is 0.105. The lowest BCUT2D eigenvalue weighted by Gasteiger charge is -2.22. The smallest absolute Gasteiger partial charge is 0.196 e. The molecular formula is C30H30N4O2S. The molecule has 6 nitrogen and oxygen atoms in total. The van der Waals surface area contributed by atoms with Gasteiger partial charge in [0, 0.05) is 17.3 Å². The maximum absolute atomic E-state index is 13.9. The van der Waals surface area contributed by atoms with Gasteiger partial charge in [0.2, 0.25) is 0 Å². The number of piperidine rings is 1. The Morgan fingerprint density at radius 1 is 1.05 bits per heavy atom. The highest BCUT2D eigenvalue weighted by atomic mass is 32.1. The van der Waals surface area contributed by atoms with Crippen molar-refractivity contribution in [2.75, 3.05) is 19.7 Å². The SMILES string of the molecule is Cc1ncsc1C1=C(c2ccn(C3CCNCC3)n2)C(=O)c2cc(OCCCc3ccccc3)ccc21. The number of Topliss-reactive ketones (excluding diaryl/α,β-unsaturated/α-hetero) is 1. The number of nitrogens with zero attached hydrogens (tertiary/aromatic N) is 3. The molecule has 1 aliphatic heterocycles. The van der Waals surface area contributed by atoms with Crippen LogP contribution in [0.1, 0.15) is 63.1 Å². The topological polar surface area (TPSA) is 69.0 Å². The predicted octanol–water partition coefficient (Wildman–Crippen LogP) is 5.74. The molecule has 1 aliphatic carbocycles. The number of hydrogen-bond donors (Lipinski definition) is 1. The summed E-state index contributed by atoms with van der Waals surface area (Å²) in [7, 11) is 0. The molecule has 6 rings (SSSR count). The van der Waals surface area contributed by atoms with Crippen LogP contribution >= 0.6 is 11.3 Å². The monoisotopic (exact) mass is 510 g/mol. The number of benzene rings is 2. The molecule has 3 heterocycles. The van der Waals surface area contributed by atoms with Gasteiger partial charge in [0.25, 0.3) is 0 Å². The molecule has 0 amide bonds. The Bertz CT molecular complexity index is 1450. The Balaban J connectivity index is 1.27. The lowest BCUT2D eigenvalue weighted by atomic mass is 10.0. The average molecular weight is 511 g/mol. The molecule has 2 aromatic heterocycles. The van der Waals surface area contributed by atoms with E-state index in [0.29, 0.717) is 23.8 Å². The first kappa shape index (κ1) is 23.8. The number of ketones is 1. The van der Waals surface area contributed by atoms with E-state index in [1.54, 1.807) is 11.3 Å². The number of fused-ring (bicyclic) bond motifs is 1. The maximum Gasteiger partial charge on any atom is 0.196 e. The first-order chi connectivity index (χ1) is 18.2. The van der Waals surface area contributed by atoms with Crippen molar-refractivity contribution in [3.05, 3.63) is 99.3 Å². The first-order valence-corrected chi connectivity index (χ1v) is 13.8. The van der Waals surface area contributed by atoms with Gasteiger partial charge >= 0.3 is 0 Å². The van der Waals surface area contributed by atoms with E-state index in [2.05, 4.69) is 34.6 Å². The van der Waals surface area contributed by atoms with Crippen LogP contribution in [-0.2, 0) is 6.42 Å². The zero-order valence-electron chi connectivity index (χ0n) is 20.9. The zero-order chi connectivity index (χ0) is 25.2. The summed E-state index contributed by atoms with van der Waals surface area (Å²) in [5.41, 5.74) is 8.01. The number of aryl methyl sites for hydroxylation is 2. The minimum absolute atomic E-state index is 0.00287. The highest BCUT2D eigenvalue weighted by Crippen LogP contribution is 2.45. The Morgan fingerprint density at radius 3 is 2.68 bits per heavy atom.